The molecule has 1 heterocycles. The largest absolute Gasteiger partial charge is 0.325 e. The second-order valence-corrected chi connectivity index (χ2v) is 6.66. The SMILES string of the molecule is C[C@@]1(c2ccc(Cl)cc2)NC(=O)N(CC(=O)Nc2ccc(F)c(F)c2F)C1=O. The molecule has 4 amide bonds. The fourth-order valence-corrected chi connectivity index (χ4v) is 2.90. The van der Waals surface area contributed by atoms with Gasteiger partial charge in [0.05, 0.1) is 5.69 Å². The van der Waals surface area contributed by atoms with E-state index in [0.717, 1.165) is 6.07 Å². The summed E-state index contributed by atoms with van der Waals surface area (Å²) in [5.41, 5.74) is -1.59. The highest BCUT2D eigenvalue weighted by Crippen LogP contribution is 2.29. The summed E-state index contributed by atoms with van der Waals surface area (Å²) in [5, 5.41) is 4.94. The van der Waals surface area contributed by atoms with E-state index in [1.165, 1.54) is 6.92 Å². The van der Waals surface area contributed by atoms with Gasteiger partial charge in [0, 0.05) is 5.02 Å². The van der Waals surface area contributed by atoms with E-state index in [1.54, 1.807) is 24.3 Å². The summed E-state index contributed by atoms with van der Waals surface area (Å²) in [7, 11) is 0. The molecule has 0 bridgehead atoms. The van der Waals surface area contributed by atoms with Gasteiger partial charge in [0.25, 0.3) is 5.91 Å². The summed E-state index contributed by atoms with van der Waals surface area (Å²) in [6, 6.07) is 6.84. The van der Waals surface area contributed by atoms with Crippen molar-refractivity contribution in [3.63, 3.8) is 0 Å². The van der Waals surface area contributed by atoms with E-state index >= 15 is 0 Å². The first kappa shape index (κ1) is 19.7. The van der Waals surface area contributed by atoms with Crippen LogP contribution >= 0.6 is 11.6 Å². The number of imide groups is 1. The van der Waals surface area contributed by atoms with Gasteiger partial charge in [0.15, 0.2) is 17.5 Å². The number of nitrogens with one attached hydrogen (secondary N) is 2. The van der Waals surface area contributed by atoms with Crippen molar-refractivity contribution in [2.24, 2.45) is 0 Å². The van der Waals surface area contributed by atoms with Crippen molar-refractivity contribution >= 4 is 35.1 Å². The van der Waals surface area contributed by atoms with E-state index in [4.69, 9.17) is 11.6 Å². The van der Waals surface area contributed by atoms with Gasteiger partial charge in [0.1, 0.15) is 12.1 Å². The maximum absolute atomic E-state index is 13.7. The minimum atomic E-state index is -1.75. The summed E-state index contributed by atoms with van der Waals surface area (Å²) in [5.74, 6) is -6.42. The number of carbonyl (C=O) groups is 3. The zero-order valence-electron chi connectivity index (χ0n) is 14.4. The third-order valence-electron chi connectivity index (χ3n) is 4.31. The zero-order chi connectivity index (χ0) is 20.6. The number of hydrogen-bond donors (Lipinski definition) is 2. The summed E-state index contributed by atoms with van der Waals surface area (Å²) in [4.78, 5) is 37.7. The molecule has 146 valence electrons. The van der Waals surface area contributed by atoms with Crippen LogP contribution in [0, 0.1) is 17.5 Å². The van der Waals surface area contributed by atoms with Crippen LogP contribution in [0.25, 0.3) is 0 Å². The first-order chi connectivity index (χ1) is 13.1. The molecule has 1 aliphatic heterocycles. The zero-order valence-corrected chi connectivity index (χ0v) is 15.1. The van der Waals surface area contributed by atoms with Crippen molar-refractivity contribution in [2.75, 3.05) is 11.9 Å². The van der Waals surface area contributed by atoms with Crippen LogP contribution in [-0.2, 0) is 15.1 Å². The maximum Gasteiger partial charge on any atom is 0.325 e. The Hall–Kier alpha value is -3.07. The van der Waals surface area contributed by atoms with Crippen LogP contribution in [0.15, 0.2) is 36.4 Å². The summed E-state index contributed by atoms with van der Waals surface area (Å²) >= 11 is 5.82. The van der Waals surface area contributed by atoms with E-state index in [0.29, 0.717) is 21.6 Å². The third kappa shape index (κ3) is 3.40. The smallest absolute Gasteiger partial charge is 0.322 e. The Morgan fingerprint density at radius 3 is 2.39 bits per heavy atom. The predicted molar refractivity (Wildman–Crippen MR) is 94.0 cm³/mol. The van der Waals surface area contributed by atoms with E-state index in [-0.39, 0.29) is 0 Å². The molecule has 3 rings (SSSR count). The van der Waals surface area contributed by atoms with Crippen molar-refractivity contribution in [3.8, 4) is 0 Å². The molecule has 6 nitrogen and oxygen atoms in total. The van der Waals surface area contributed by atoms with Crippen molar-refractivity contribution in [3.05, 3.63) is 64.4 Å². The van der Waals surface area contributed by atoms with Gasteiger partial charge in [0.2, 0.25) is 5.91 Å². The Kier molecular flexibility index (Phi) is 5.03. The molecule has 0 saturated carbocycles. The molecule has 10 heteroatoms. The molecule has 0 aliphatic carbocycles. The first-order valence-corrected chi connectivity index (χ1v) is 8.35. The molecule has 0 aromatic heterocycles. The molecule has 0 radical (unpaired) electrons. The van der Waals surface area contributed by atoms with Gasteiger partial charge >= 0.3 is 6.03 Å². The van der Waals surface area contributed by atoms with Crippen LogP contribution in [0.2, 0.25) is 5.02 Å². The lowest BCUT2D eigenvalue weighted by Gasteiger charge is -2.22. The predicted octanol–water partition coefficient (Wildman–Crippen LogP) is 3.16. The number of anilines is 1. The summed E-state index contributed by atoms with van der Waals surface area (Å²) in [6.45, 7) is 0.718. The Labute approximate surface area is 162 Å². The Balaban J connectivity index is 1.76. The number of benzene rings is 2. The maximum atomic E-state index is 13.7. The van der Waals surface area contributed by atoms with Crippen LogP contribution in [0.4, 0.5) is 23.7 Å². The minimum Gasteiger partial charge on any atom is -0.322 e. The van der Waals surface area contributed by atoms with Crippen LogP contribution in [0.5, 0.6) is 0 Å². The van der Waals surface area contributed by atoms with Gasteiger partial charge in [-0.05, 0) is 36.8 Å². The Morgan fingerprint density at radius 1 is 1.11 bits per heavy atom. The van der Waals surface area contributed by atoms with E-state index in [2.05, 4.69) is 5.32 Å². The van der Waals surface area contributed by atoms with Gasteiger partial charge in [-0.3, -0.25) is 14.5 Å². The molecule has 1 fully saturated rings. The standard InChI is InChI=1S/C18H13ClF3N3O3/c1-18(9-2-4-10(19)5-3-9)16(27)25(17(28)24-18)8-13(26)23-12-7-6-11(20)14(21)15(12)22/h2-7H,8H2,1H3,(H,23,26)(H,24,28)/t18-/m0/s1. The van der Waals surface area contributed by atoms with E-state index < -0.39 is 53.1 Å². The minimum absolute atomic E-state index is 0.439. The molecule has 2 aromatic rings. The molecule has 2 aromatic carbocycles. The topological polar surface area (TPSA) is 78.5 Å². The van der Waals surface area contributed by atoms with Gasteiger partial charge in [-0.2, -0.15) is 0 Å². The average Bonchev–Trinajstić information content (AvgIpc) is 2.87. The molecular weight excluding hydrogens is 399 g/mol. The number of urea groups is 1. The van der Waals surface area contributed by atoms with Crippen molar-refractivity contribution in [2.45, 2.75) is 12.5 Å². The van der Waals surface area contributed by atoms with E-state index in [1.807, 2.05) is 5.32 Å². The Morgan fingerprint density at radius 2 is 1.75 bits per heavy atom. The molecule has 1 atom stereocenters. The third-order valence-corrected chi connectivity index (χ3v) is 4.56. The second-order valence-electron chi connectivity index (χ2n) is 6.22. The summed E-state index contributed by atoms with van der Waals surface area (Å²) < 4.78 is 39.9. The molecular formula is C18H13ClF3N3O3. The lowest BCUT2D eigenvalue weighted by Crippen LogP contribution is -2.42. The van der Waals surface area contributed by atoms with E-state index in [9.17, 15) is 27.6 Å². The fourth-order valence-electron chi connectivity index (χ4n) is 2.78. The number of nitrogens with zero attached hydrogens (tertiary/aromatic N) is 1. The number of carbonyl (C=O) groups excluding carboxylic acids is 3. The molecule has 1 saturated heterocycles. The lowest BCUT2D eigenvalue weighted by molar-refractivity contribution is -0.133. The van der Waals surface area contributed by atoms with Crippen molar-refractivity contribution < 1.29 is 27.6 Å². The lowest BCUT2D eigenvalue weighted by atomic mass is 9.92. The molecule has 0 spiro atoms. The monoisotopic (exact) mass is 411 g/mol. The van der Waals surface area contributed by atoms with Gasteiger partial charge in [-0.25, -0.2) is 18.0 Å². The van der Waals surface area contributed by atoms with Crippen molar-refractivity contribution in [1.29, 1.82) is 0 Å². The highest BCUT2D eigenvalue weighted by atomic mass is 35.5. The molecule has 1 aliphatic rings. The van der Waals surface area contributed by atoms with Crippen LogP contribution < -0.4 is 10.6 Å². The van der Waals surface area contributed by atoms with Crippen molar-refractivity contribution in [1.82, 2.24) is 10.2 Å². The number of halogens is 4. The average molecular weight is 412 g/mol. The second kappa shape index (κ2) is 7.16. The molecule has 0 unspecified atom stereocenters. The molecule has 28 heavy (non-hydrogen) atoms. The van der Waals surface area contributed by atoms with Gasteiger partial charge < -0.3 is 10.6 Å². The normalized spacial score (nSPS) is 19.0. The van der Waals surface area contributed by atoms with Crippen LogP contribution in [-0.4, -0.2) is 29.3 Å². The summed E-state index contributed by atoms with van der Waals surface area (Å²) in [6.07, 6.45) is 0. The fraction of sp³-hybridized carbons (Fsp3) is 0.167. The highest BCUT2D eigenvalue weighted by molar-refractivity contribution is 6.30. The van der Waals surface area contributed by atoms with Gasteiger partial charge in [-0.1, -0.05) is 23.7 Å². The highest BCUT2D eigenvalue weighted by Gasteiger charge is 2.49. The number of amides is 4. The number of rotatable bonds is 4. The quantitative estimate of drug-likeness (QED) is 0.599. The number of hydrogen-bond acceptors (Lipinski definition) is 3. The van der Waals surface area contributed by atoms with Gasteiger partial charge in [-0.15, -0.1) is 0 Å². The molecule has 2 N–H and O–H groups in total. The van der Waals surface area contributed by atoms with Crippen LogP contribution in [0.1, 0.15) is 12.5 Å². The first-order valence-electron chi connectivity index (χ1n) is 7.97. The van der Waals surface area contributed by atoms with Crippen LogP contribution in [0.3, 0.4) is 0 Å². The Bertz CT molecular complexity index is 984.